The fraction of sp³-hybridized carbons (Fsp3) is 0.114. The molecule has 1 atom stereocenters. The molecule has 2 aliphatic carbocycles. The van der Waals surface area contributed by atoms with Gasteiger partial charge in [-0.1, -0.05) is 128 Å². The van der Waals surface area contributed by atoms with E-state index in [9.17, 15) is 5.26 Å². The average molecular weight is 593 g/mol. The van der Waals surface area contributed by atoms with Gasteiger partial charge in [0.25, 0.3) is 0 Å². The molecule has 0 amide bonds. The van der Waals surface area contributed by atoms with Crippen LogP contribution in [0.15, 0.2) is 163 Å². The number of nitrogens with zero attached hydrogens (tertiary/aromatic N) is 1. The lowest BCUT2D eigenvalue weighted by Crippen LogP contribution is -2.18. The molecule has 0 fully saturated rings. The second-order valence-corrected chi connectivity index (χ2v) is 12.2. The molecule has 0 heterocycles. The van der Waals surface area contributed by atoms with Gasteiger partial charge in [0.15, 0.2) is 0 Å². The van der Waals surface area contributed by atoms with Crippen molar-refractivity contribution in [1.82, 2.24) is 5.32 Å². The highest BCUT2D eigenvalue weighted by Gasteiger charge is 2.17. The zero-order valence-corrected chi connectivity index (χ0v) is 26.1. The van der Waals surface area contributed by atoms with Gasteiger partial charge in [0.1, 0.15) is 0 Å². The van der Waals surface area contributed by atoms with E-state index in [-0.39, 0.29) is 0 Å². The van der Waals surface area contributed by atoms with Crippen LogP contribution in [-0.2, 0) is 0 Å². The number of allylic oxidation sites excluding steroid dienone is 7. The first-order valence-corrected chi connectivity index (χ1v) is 16.1. The van der Waals surface area contributed by atoms with Crippen molar-refractivity contribution in [3.63, 3.8) is 0 Å². The van der Waals surface area contributed by atoms with E-state index in [1.54, 1.807) is 0 Å². The van der Waals surface area contributed by atoms with E-state index >= 15 is 0 Å². The third-order valence-corrected chi connectivity index (χ3v) is 8.88. The largest absolute Gasteiger partial charge is 0.359 e. The summed E-state index contributed by atoms with van der Waals surface area (Å²) in [6.45, 7) is 2.27. The molecular formula is C44H36N2. The van der Waals surface area contributed by atoms with Gasteiger partial charge < -0.3 is 5.32 Å². The Hall–Kier alpha value is -5.65. The molecule has 5 aromatic rings. The lowest BCUT2D eigenvalue weighted by molar-refractivity contribution is 0.724. The van der Waals surface area contributed by atoms with Crippen LogP contribution in [0, 0.1) is 17.2 Å². The molecule has 0 aliphatic heterocycles. The van der Waals surface area contributed by atoms with Gasteiger partial charge in [-0.25, -0.2) is 0 Å². The first kappa shape index (κ1) is 29.1. The van der Waals surface area contributed by atoms with Crippen molar-refractivity contribution in [2.45, 2.75) is 26.2 Å². The topological polar surface area (TPSA) is 35.8 Å². The van der Waals surface area contributed by atoms with Crippen molar-refractivity contribution >= 4 is 11.1 Å². The van der Waals surface area contributed by atoms with Crippen molar-refractivity contribution in [3.8, 4) is 39.4 Å². The highest BCUT2D eigenvalue weighted by molar-refractivity contribution is 5.82. The molecule has 7 rings (SSSR count). The Morgan fingerprint density at radius 2 is 1.20 bits per heavy atom. The van der Waals surface area contributed by atoms with Crippen LogP contribution in [0.4, 0.5) is 0 Å². The maximum absolute atomic E-state index is 9.21. The molecule has 2 heteroatoms. The van der Waals surface area contributed by atoms with Gasteiger partial charge in [-0.15, -0.1) is 0 Å². The quantitative estimate of drug-likeness (QED) is 0.204. The highest BCUT2D eigenvalue weighted by Crippen LogP contribution is 2.34. The molecule has 222 valence electrons. The van der Waals surface area contributed by atoms with Crippen LogP contribution in [0.2, 0.25) is 0 Å². The molecule has 5 aromatic carbocycles. The van der Waals surface area contributed by atoms with E-state index in [0.29, 0.717) is 11.5 Å². The fourth-order valence-electron chi connectivity index (χ4n) is 6.51. The van der Waals surface area contributed by atoms with Gasteiger partial charge in [0, 0.05) is 17.0 Å². The van der Waals surface area contributed by atoms with Gasteiger partial charge in [0.2, 0.25) is 0 Å². The Morgan fingerprint density at radius 3 is 1.85 bits per heavy atom. The zero-order chi connectivity index (χ0) is 31.3. The van der Waals surface area contributed by atoms with Crippen LogP contribution in [0.5, 0.6) is 0 Å². The fourth-order valence-corrected chi connectivity index (χ4v) is 6.51. The van der Waals surface area contributed by atoms with Gasteiger partial charge in [-0.2, -0.15) is 5.26 Å². The molecule has 0 bridgehead atoms. The second kappa shape index (κ2) is 13.1. The Balaban J connectivity index is 1.14. The number of nitrogens with one attached hydrogen (secondary N) is 1. The molecule has 1 N–H and O–H groups in total. The molecule has 0 spiro atoms. The Morgan fingerprint density at radius 1 is 0.630 bits per heavy atom. The number of hydrogen-bond donors (Lipinski definition) is 1. The first-order valence-electron chi connectivity index (χ1n) is 16.1. The van der Waals surface area contributed by atoms with E-state index in [0.717, 1.165) is 25.0 Å². The summed E-state index contributed by atoms with van der Waals surface area (Å²) in [5.41, 5.74) is 15.3. The Kier molecular flexibility index (Phi) is 8.31. The van der Waals surface area contributed by atoms with Crippen LogP contribution in [0.1, 0.15) is 42.9 Å². The van der Waals surface area contributed by atoms with Crippen LogP contribution in [0.3, 0.4) is 0 Å². The van der Waals surface area contributed by atoms with Crippen LogP contribution in [0.25, 0.3) is 44.5 Å². The predicted molar refractivity (Wildman–Crippen MR) is 192 cm³/mol. The average Bonchev–Trinajstić information content (AvgIpc) is 3.12. The molecule has 0 saturated carbocycles. The normalized spacial score (nSPS) is 16.0. The monoisotopic (exact) mass is 592 g/mol. The van der Waals surface area contributed by atoms with Crippen molar-refractivity contribution in [3.05, 3.63) is 180 Å². The maximum Gasteiger partial charge on any atom is 0.0991 e. The minimum absolute atomic E-state index is 0.424. The third kappa shape index (κ3) is 6.41. The summed E-state index contributed by atoms with van der Waals surface area (Å²) in [5, 5.41) is 13.0. The minimum Gasteiger partial charge on any atom is -0.359 e. The Labute approximate surface area is 272 Å². The molecule has 46 heavy (non-hydrogen) atoms. The van der Waals surface area contributed by atoms with Crippen LogP contribution < -0.4 is 5.32 Å². The SMILES string of the molecule is CC1C=C(NC2=C(c3cccc(-c4ccc(-c5cccc(-c6ccccc6)c5)cc4)c3)C=CCC2)C=C(c2ccc(C#N)cc2)C1. The number of rotatable bonds is 7. The van der Waals surface area contributed by atoms with Crippen molar-refractivity contribution in [2.24, 2.45) is 5.92 Å². The van der Waals surface area contributed by atoms with Crippen LogP contribution in [-0.4, -0.2) is 0 Å². The lowest BCUT2D eigenvalue weighted by atomic mass is 9.89. The summed E-state index contributed by atoms with van der Waals surface area (Å²) >= 11 is 0. The number of nitriles is 1. The van der Waals surface area contributed by atoms with Gasteiger partial charge in [-0.05, 0) is 106 Å². The third-order valence-electron chi connectivity index (χ3n) is 8.88. The van der Waals surface area contributed by atoms with Crippen molar-refractivity contribution in [2.75, 3.05) is 0 Å². The highest BCUT2D eigenvalue weighted by atomic mass is 14.9. The van der Waals surface area contributed by atoms with E-state index in [1.807, 2.05) is 12.1 Å². The smallest absolute Gasteiger partial charge is 0.0991 e. The molecule has 2 nitrogen and oxygen atoms in total. The summed E-state index contributed by atoms with van der Waals surface area (Å²) < 4.78 is 0. The van der Waals surface area contributed by atoms with Crippen molar-refractivity contribution < 1.29 is 0 Å². The van der Waals surface area contributed by atoms with E-state index in [1.165, 1.54) is 61.4 Å². The molecule has 0 aromatic heterocycles. The molecule has 0 radical (unpaired) electrons. The second-order valence-electron chi connectivity index (χ2n) is 12.2. The number of benzene rings is 5. The summed E-state index contributed by atoms with van der Waals surface area (Å²) in [4.78, 5) is 0. The van der Waals surface area contributed by atoms with Crippen LogP contribution >= 0.6 is 0 Å². The van der Waals surface area contributed by atoms with E-state index < -0.39 is 0 Å². The molecular weight excluding hydrogens is 556 g/mol. The molecule has 0 saturated heterocycles. The summed E-state index contributed by atoms with van der Waals surface area (Å²) in [7, 11) is 0. The zero-order valence-electron chi connectivity index (χ0n) is 26.1. The summed E-state index contributed by atoms with van der Waals surface area (Å²) in [6.07, 6.45) is 12.1. The van der Waals surface area contributed by atoms with E-state index in [2.05, 4.69) is 158 Å². The van der Waals surface area contributed by atoms with Gasteiger partial charge >= 0.3 is 0 Å². The molecule has 2 aliphatic rings. The standard InChI is InChI=1S/C44H36N2/c1-31-25-41(36-19-17-32(30-45)18-20-36)29-42(26-31)46-44-16-6-5-15-43(44)40-14-8-13-39(28-40)35-23-21-34(22-24-35)38-12-7-11-37(27-38)33-9-3-2-4-10-33/h2-5,7-15,17-24,26-29,31,46H,6,16,25H2,1H3. The van der Waals surface area contributed by atoms with Gasteiger partial charge in [-0.3, -0.25) is 0 Å². The van der Waals surface area contributed by atoms with Gasteiger partial charge in [0.05, 0.1) is 11.6 Å². The predicted octanol–water partition coefficient (Wildman–Crippen LogP) is 11.2. The first-order chi connectivity index (χ1) is 22.6. The van der Waals surface area contributed by atoms with E-state index in [4.69, 9.17) is 0 Å². The summed E-state index contributed by atoms with van der Waals surface area (Å²) in [6, 6.07) is 47.3. The molecule has 1 unspecified atom stereocenters. The summed E-state index contributed by atoms with van der Waals surface area (Å²) in [5.74, 6) is 0.424. The lowest BCUT2D eigenvalue weighted by Gasteiger charge is -2.24. The minimum atomic E-state index is 0.424. The maximum atomic E-state index is 9.21. The Bertz CT molecular complexity index is 2030. The number of hydrogen-bond acceptors (Lipinski definition) is 2. The van der Waals surface area contributed by atoms with Crippen molar-refractivity contribution in [1.29, 1.82) is 5.26 Å².